The molecule has 0 spiro atoms. The number of halogens is 1. The van der Waals surface area contributed by atoms with Crippen LogP contribution in [0.1, 0.15) is 17.4 Å². The van der Waals surface area contributed by atoms with Crippen molar-refractivity contribution in [3.05, 3.63) is 27.9 Å². The van der Waals surface area contributed by atoms with Crippen LogP contribution in [0.5, 0.6) is 5.75 Å². The Morgan fingerprint density at radius 2 is 2.36 bits per heavy atom. The van der Waals surface area contributed by atoms with Gasteiger partial charge in [0.05, 0.1) is 0 Å². The Morgan fingerprint density at radius 1 is 1.71 bits per heavy atom. The first-order valence-corrected chi connectivity index (χ1v) is 3.96. The minimum Gasteiger partial charge on any atom is -0.503 e. The number of hydrogen-bond acceptors (Lipinski definition) is 3. The van der Waals surface area contributed by atoms with Gasteiger partial charge in [-0.15, -0.1) is 0 Å². The van der Waals surface area contributed by atoms with E-state index in [0.717, 1.165) is 6.20 Å². The van der Waals surface area contributed by atoms with Crippen molar-refractivity contribution >= 4 is 5.91 Å². The molecule has 3 N–H and O–H groups in total. The van der Waals surface area contributed by atoms with Gasteiger partial charge in [-0.2, -0.15) is 4.39 Å². The number of aromatic amines is 1. The number of H-pyrrole nitrogens is 1. The van der Waals surface area contributed by atoms with Crippen LogP contribution in [-0.4, -0.2) is 22.5 Å². The summed E-state index contributed by atoms with van der Waals surface area (Å²) in [5.41, 5.74) is -1.67. The van der Waals surface area contributed by atoms with Gasteiger partial charge in [-0.3, -0.25) is 9.59 Å². The van der Waals surface area contributed by atoms with Crippen molar-refractivity contribution in [2.24, 2.45) is 0 Å². The fraction of sp³-hybridized carbons (Fsp3) is 0.250. The summed E-state index contributed by atoms with van der Waals surface area (Å²) in [5, 5.41) is 11.1. The van der Waals surface area contributed by atoms with E-state index in [0.29, 0.717) is 6.54 Å². The largest absolute Gasteiger partial charge is 0.503 e. The van der Waals surface area contributed by atoms with Crippen molar-refractivity contribution in [1.82, 2.24) is 10.3 Å². The average Bonchev–Trinajstić information content (AvgIpc) is 2.15. The van der Waals surface area contributed by atoms with Gasteiger partial charge in [-0.1, -0.05) is 0 Å². The van der Waals surface area contributed by atoms with Crippen LogP contribution in [0, 0.1) is 5.82 Å². The molecule has 0 radical (unpaired) electrons. The van der Waals surface area contributed by atoms with Crippen LogP contribution in [0.25, 0.3) is 0 Å². The molecule has 0 atom stereocenters. The molecule has 0 fully saturated rings. The lowest BCUT2D eigenvalue weighted by molar-refractivity contribution is 0.0946. The van der Waals surface area contributed by atoms with E-state index in [-0.39, 0.29) is 0 Å². The Morgan fingerprint density at radius 3 is 2.93 bits per heavy atom. The lowest BCUT2D eigenvalue weighted by Gasteiger charge is -2.02. The van der Waals surface area contributed by atoms with E-state index in [4.69, 9.17) is 5.11 Å². The lowest BCUT2D eigenvalue weighted by Crippen LogP contribution is -2.27. The molecule has 76 valence electrons. The molecular weight excluding hydrogens is 191 g/mol. The first kappa shape index (κ1) is 10.2. The number of hydrogen-bond donors (Lipinski definition) is 3. The third-order valence-corrected chi connectivity index (χ3v) is 1.57. The minimum absolute atomic E-state index is 0.321. The normalized spacial score (nSPS) is 9.86. The number of rotatable bonds is 2. The second-order valence-corrected chi connectivity index (χ2v) is 2.55. The van der Waals surface area contributed by atoms with Crippen LogP contribution in [0.3, 0.4) is 0 Å². The summed E-state index contributed by atoms with van der Waals surface area (Å²) in [7, 11) is 0. The van der Waals surface area contributed by atoms with Gasteiger partial charge in [0.1, 0.15) is 5.69 Å². The maximum absolute atomic E-state index is 13.1. The van der Waals surface area contributed by atoms with Gasteiger partial charge in [-0.25, -0.2) is 0 Å². The van der Waals surface area contributed by atoms with E-state index in [1.54, 1.807) is 6.92 Å². The Hall–Kier alpha value is -1.85. The highest BCUT2D eigenvalue weighted by molar-refractivity contribution is 5.92. The molecule has 0 bridgehead atoms. The van der Waals surface area contributed by atoms with Crippen LogP contribution in [0.2, 0.25) is 0 Å². The van der Waals surface area contributed by atoms with E-state index in [1.807, 2.05) is 0 Å². The summed E-state index contributed by atoms with van der Waals surface area (Å²) in [5.74, 6) is -2.76. The standard InChI is InChI=1S/C8H9FN2O3/c1-2-10-8(14)6-5(9)7(13)4(12)3-11-6/h3,12H,2H2,1H3,(H,10,14)(H,11,13). The maximum atomic E-state index is 13.1. The van der Waals surface area contributed by atoms with E-state index < -0.39 is 28.6 Å². The molecule has 5 nitrogen and oxygen atoms in total. The predicted molar refractivity (Wildman–Crippen MR) is 46.7 cm³/mol. The number of aromatic hydroxyl groups is 1. The molecule has 1 rings (SSSR count). The van der Waals surface area contributed by atoms with Crippen molar-refractivity contribution < 1.29 is 14.3 Å². The minimum atomic E-state index is -1.28. The van der Waals surface area contributed by atoms with Crippen molar-refractivity contribution in [3.63, 3.8) is 0 Å². The van der Waals surface area contributed by atoms with E-state index >= 15 is 0 Å². The highest BCUT2D eigenvalue weighted by Gasteiger charge is 2.16. The summed E-state index contributed by atoms with van der Waals surface area (Å²) in [6.07, 6.45) is 0.871. The van der Waals surface area contributed by atoms with Gasteiger partial charge in [0.25, 0.3) is 11.3 Å². The Kier molecular flexibility index (Phi) is 2.85. The molecule has 0 aromatic carbocycles. The molecule has 0 unspecified atom stereocenters. The second kappa shape index (κ2) is 3.91. The van der Waals surface area contributed by atoms with Gasteiger partial charge in [0.2, 0.25) is 5.82 Å². The van der Waals surface area contributed by atoms with Crippen LogP contribution >= 0.6 is 0 Å². The lowest BCUT2D eigenvalue weighted by atomic mass is 10.3. The van der Waals surface area contributed by atoms with Gasteiger partial charge >= 0.3 is 0 Å². The molecule has 1 aromatic heterocycles. The summed E-state index contributed by atoms with van der Waals surface area (Å²) < 4.78 is 13.1. The monoisotopic (exact) mass is 200 g/mol. The number of nitrogens with one attached hydrogen (secondary N) is 2. The molecule has 1 aromatic rings. The van der Waals surface area contributed by atoms with Crippen molar-refractivity contribution in [1.29, 1.82) is 0 Å². The zero-order chi connectivity index (χ0) is 10.7. The number of aromatic nitrogens is 1. The summed E-state index contributed by atoms with van der Waals surface area (Å²) in [6, 6.07) is 0. The Balaban J connectivity index is 3.18. The van der Waals surface area contributed by atoms with Crippen molar-refractivity contribution in [2.75, 3.05) is 6.54 Å². The average molecular weight is 200 g/mol. The molecular formula is C8H9FN2O3. The number of carbonyl (C=O) groups is 1. The quantitative estimate of drug-likeness (QED) is 0.626. The van der Waals surface area contributed by atoms with Crippen LogP contribution in [-0.2, 0) is 0 Å². The third kappa shape index (κ3) is 1.73. The molecule has 0 aliphatic heterocycles. The molecule has 1 heterocycles. The highest BCUT2D eigenvalue weighted by Crippen LogP contribution is 2.04. The highest BCUT2D eigenvalue weighted by atomic mass is 19.1. The number of carbonyl (C=O) groups excluding carboxylic acids is 1. The number of amides is 1. The topological polar surface area (TPSA) is 82.2 Å². The second-order valence-electron chi connectivity index (χ2n) is 2.55. The van der Waals surface area contributed by atoms with Crippen LogP contribution in [0.4, 0.5) is 4.39 Å². The Bertz CT molecular complexity index is 414. The molecule has 6 heteroatoms. The van der Waals surface area contributed by atoms with Gasteiger partial charge < -0.3 is 15.4 Å². The summed E-state index contributed by atoms with van der Waals surface area (Å²) >= 11 is 0. The van der Waals surface area contributed by atoms with Gasteiger partial charge in [0.15, 0.2) is 5.75 Å². The molecule has 0 aliphatic rings. The van der Waals surface area contributed by atoms with Crippen molar-refractivity contribution in [3.8, 4) is 5.75 Å². The maximum Gasteiger partial charge on any atom is 0.270 e. The first-order valence-electron chi connectivity index (χ1n) is 3.96. The third-order valence-electron chi connectivity index (χ3n) is 1.57. The zero-order valence-electron chi connectivity index (χ0n) is 7.43. The van der Waals surface area contributed by atoms with Gasteiger partial charge in [0, 0.05) is 12.7 Å². The molecule has 0 saturated carbocycles. The fourth-order valence-corrected chi connectivity index (χ4v) is 0.910. The molecule has 1 amide bonds. The van der Waals surface area contributed by atoms with E-state index in [9.17, 15) is 14.0 Å². The van der Waals surface area contributed by atoms with Crippen LogP contribution < -0.4 is 10.7 Å². The fourth-order valence-electron chi connectivity index (χ4n) is 0.910. The van der Waals surface area contributed by atoms with Crippen LogP contribution in [0.15, 0.2) is 11.0 Å². The summed E-state index contributed by atoms with van der Waals surface area (Å²) in [6.45, 7) is 1.98. The summed E-state index contributed by atoms with van der Waals surface area (Å²) in [4.78, 5) is 24.2. The first-order chi connectivity index (χ1) is 6.57. The van der Waals surface area contributed by atoms with Gasteiger partial charge in [-0.05, 0) is 6.92 Å². The van der Waals surface area contributed by atoms with E-state index in [1.165, 1.54) is 0 Å². The zero-order valence-corrected chi connectivity index (χ0v) is 7.43. The SMILES string of the molecule is CCNC(=O)c1[nH]cc(O)c(=O)c1F. The molecule has 14 heavy (non-hydrogen) atoms. The molecule has 0 saturated heterocycles. The van der Waals surface area contributed by atoms with Crippen molar-refractivity contribution in [2.45, 2.75) is 6.92 Å². The molecule has 0 aliphatic carbocycles. The van der Waals surface area contributed by atoms with E-state index in [2.05, 4.69) is 10.3 Å². The predicted octanol–water partition coefficient (Wildman–Crippen LogP) is -0.0307. The number of pyridine rings is 1. The Labute approximate surface area is 78.6 Å². The smallest absolute Gasteiger partial charge is 0.270 e.